The number of aryl methyl sites for hydroxylation is 1. The van der Waals surface area contributed by atoms with E-state index in [0.717, 1.165) is 27.2 Å². The molecule has 5 nitrogen and oxygen atoms in total. The molecule has 2 aromatic rings. The first kappa shape index (κ1) is 15.3. The number of anilines is 1. The largest absolute Gasteiger partial charge is 0.444 e. The van der Waals surface area contributed by atoms with Crippen LogP contribution in [0.5, 0.6) is 0 Å². The number of aromatic nitrogens is 2. The fourth-order valence-electron chi connectivity index (χ4n) is 2.64. The highest BCUT2D eigenvalue weighted by atomic mass is 127. The van der Waals surface area contributed by atoms with Crippen LogP contribution in [0.4, 0.5) is 10.6 Å². The summed E-state index contributed by atoms with van der Waals surface area (Å²) in [6, 6.07) is 9.72. The van der Waals surface area contributed by atoms with E-state index in [9.17, 15) is 4.79 Å². The summed E-state index contributed by atoms with van der Waals surface area (Å²) in [5, 5.41) is 4.51. The maximum absolute atomic E-state index is 12.5. The van der Waals surface area contributed by atoms with Gasteiger partial charge in [0, 0.05) is 13.1 Å². The van der Waals surface area contributed by atoms with Crippen molar-refractivity contribution in [3.63, 3.8) is 0 Å². The van der Waals surface area contributed by atoms with Gasteiger partial charge in [-0.2, -0.15) is 5.10 Å². The Morgan fingerprint density at radius 3 is 2.82 bits per heavy atom. The molecule has 0 aliphatic carbocycles. The van der Waals surface area contributed by atoms with Crippen LogP contribution >= 0.6 is 22.6 Å². The number of hydrogen-bond donors (Lipinski definition) is 0. The second-order valence-corrected chi connectivity index (χ2v) is 6.74. The molecule has 1 amide bonds. The van der Waals surface area contributed by atoms with E-state index in [4.69, 9.17) is 4.74 Å². The zero-order chi connectivity index (χ0) is 15.7. The lowest BCUT2D eigenvalue weighted by Crippen LogP contribution is -2.42. The van der Waals surface area contributed by atoms with Crippen molar-refractivity contribution in [3.8, 4) is 0 Å². The van der Waals surface area contributed by atoms with Gasteiger partial charge in [0.1, 0.15) is 12.4 Å². The fourth-order valence-corrected chi connectivity index (χ4v) is 3.32. The summed E-state index contributed by atoms with van der Waals surface area (Å²) in [4.78, 5) is 14.2. The van der Waals surface area contributed by atoms with Crippen LogP contribution in [0.15, 0.2) is 30.3 Å². The molecule has 1 atom stereocenters. The van der Waals surface area contributed by atoms with Crippen molar-refractivity contribution in [2.24, 2.45) is 5.92 Å². The summed E-state index contributed by atoms with van der Waals surface area (Å²) >= 11 is 2.25. The number of benzene rings is 1. The molecule has 3 rings (SSSR count). The molecule has 116 valence electrons. The molecule has 22 heavy (non-hydrogen) atoms. The number of carbonyl (C=O) groups excluding carboxylic acids is 1. The predicted molar refractivity (Wildman–Crippen MR) is 92.8 cm³/mol. The molecule has 1 aliphatic rings. The van der Waals surface area contributed by atoms with Crippen LogP contribution in [0.2, 0.25) is 0 Å². The van der Waals surface area contributed by atoms with Gasteiger partial charge in [-0.1, -0.05) is 37.3 Å². The Labute approximate surface area is 143 Å². The highest BCUT2D eigenvalue weighted by molar-refractivity contribution is 14.1. The lowest BCUT2D eigenvalue weighted by atomic mass is 10.1. The second kappa shape index (κ2) is 6.28. The molecule has 1 aromatic heterocycles. The van der Waals surface area contributed by atoms with Crippen molar-refractivity contribution in [1.82, 2.24) is 9.78 Å². The molecule has 0 saturated carbocycles. The van der Waals surface area contributed by atoms with Crippen LogP contribution in [0.1, 0.15) is 18.2 Å². The van der Waals surface area contributed by atoms with E-state index in [1.807, 2.05) is 41.9 Å². The molecular weight excluding hydrogens is 393 g/mol. The Kier molecular flexibility index (Phi) is 4.37. The van der Waals surface area contributed by atoms with Crippen molar-refractivity contribution in [2.45, 2.75) is 27.0 Å². The Bertz CT molecular complexity index is 684. The summed E-state index contributed by atoms with van der Waals surface area (Å²) in [7, 11) is 0. The van der Waals surface area contributed by atoms with Crippen LogP contribution < -0.4 is 4.90 Å². The topological polar surface area (TPSA) is 47.4 Å². The summed E-state index contributed by atoms with van der Waals surface area (Å²) in [6.45, 7) is 5.86. The molecule has 1 aliphatic heterocycles. The average molecular weight is 411 g/mol. The SMILES string of the molecule is Cc1nn2c(c1I)N(C(=O)OCc1ccccc1)CC(C)C2. The molecule has 0 radical (unpaired) electrons. The van der Waals surface area contributed by atoms with Gasteiger partial charge in [-0.15, -0.1) is 0 Å². The summed E-state index contributed by atoms with van der Waals surface area (Å²) in [5.74, 6) is 1.21. The summed E-state index contributed by atoms with van der Waals surface area (Å²) in [5.41, 5.74) is 1.94. The quantitative estimate of drug-likeness (QED) is 0.710. The smallest absolute Gasteiger partial charge is 0.415 e. The zero-order valence-electron chi connectivity index (χ0n) is 12.6. The van der Waals surface area contributed by atoms with Gasteiger partial charge in [-0.05, 0) is 41.0 Å². The molecule has 2 heterocycles. The molecule has 1 aromatic carbocycles. The van der Waals surface area contributed by atoms with Crippen LogP contribution in [0.25, 0.3) is 0 Å². The van der Waals surface area contributed by atoms with E-state index in [1.165, 1.54) is 0 Å². The Morgan fingerprint density at radius 2 is 2.09 bits per heavy atom. The number of halogens is 1. The van der Waals surface area contributed by atoms with Gasteiger partial charge in [0.05, 0.1) is 9.26 Å². The number of amides is 1. The minimum atomic E-state index is -0.311. The molecule has 0 spiro atoms. The van der Waals surface area contributed by atoms with Crippen molar-refractivity contribution < 1.29 is 9.53 Å². The fraction of sp³-hybridized carbons (Fsp3) is 0.375. The number of ether oxygens (including phenoxy) is 1. The Balaban J connectivity index is 1.78. The van der Waals surface area contributed by atoms with E-state index in [1.54, 1.807) is 4.90 Å². The van der Waals surface area contributed by atoms with Crippen LogP contribution in [-0.2, 0) is 17.9 Å². The monoisotopic (exact) mass is 411 g/mol. The highest BCUT2D eigenvalue weighted by Crippen LogP contribution is 2.31. The van der Waals surface area contributed by atoms with Crippen LogP contribution in [0, 0.1) is 16.4 Å². The average Bonchev–Trinajstić information content (AvgIpc) is 2.79. The van der Waals surface area contributed by atoms with E-state index in [2.05, 4.69) is 34.6 Å². The Hall–Kier alpha value is -1.57. The normalized spacial score (nSPS) is 17.2. The van der Waals surface area contributed by atoms with E-state index in [-0.39, 0.29) is 12.7 Å². The van der Waals surface area contributed by atoms with Crippen molar-refractivity contribution in [2.75, 3.05) is 11.4 Å². The zero-order valence-corrected chi connectivity index (χ0v) is 14.8. The van der Waals surface area contributed by atoms with Gasteiger partial charge >= 0.3 is 6.09 Å². The summed E-state index contributed by atoms with van der Waals surface area (Å²) < 4.78 is 8.41. The number of rotatable bonds is 2. The minimum Gasteiger partial charge on any atom is -0.444 e. The lowest BCUT2D eigenvalue weighted by Gasteiger charge is -2.31. The minimum absolute atomic E-state index is 0.286. The van der Waals surface area contributed by atoms with Gasteiger partial charge < -0.3 is 4.74 Å². The summed E-state index contributed by atoms with van der Waals surface area (Å²) in [6.07, 6.45) is -0.311. The van der Waals surface area contributed by atoms with Crippen molar-refractivity contribution in [1.29, 1.82) is 0 Å². The number of hydrogen-bond acceptors (Lipinski definition) is 3. The van der Waals surface area contributed by atoms with Crippen LogP contribution in [-0.4, -0.2) is 22.4 Å². The molecule has 0 fully saturated rings. The molecule has 6 heteroatoms. The molecule has 1 unspecified atom stereocenters. The Morgan fingerprint density at radius 1 is 1.36 bits per heavy atom. The van der Waals surface area contributed by atoms with E-state index < -0.39 is 0 Å². The first-order valence-electron chi connectivity index (χ1n) is 7.27. The third-order valence-corrected chi connectivity index (χ3v) is 4.95. The van der Waals surface area contributed by atoms with Crippen molar-refractivity contribution in [3.05, 3.63) is 45.2 Å². The molecular formula is C16H18IN3O2. The molecule has 0 saturated heterocycles. The van der Waals surface area contributed by atoms with Gasteiger partial charge in [0.25, 0.3) is 0 Å². The lowest BCUT2D eigenvalue weighted by molar-refractivity contribution is 0.144. The highest BCUT2D eigenvalue weighted by Gasteiger charge is 2.31. The predicted octanol–water partition coefficient (Wildman–Crippen LogP) is 3.59. The second-order valence-electron chi connectivity index (χ2n) is 5.66. The first-order chi connectivity index (χ1) is 10.6. The van der Waals surface area contributed by atoms with Gasteiger partial charge in [-0.3, -0.25) is 4.90 Å². The number of fused-ring (bicyclic) bond motifs is 1. The maximum Gasteiger partial charge on any atom is 0.415 e. The third kappa shape index (κ3) is 2.97. The van der Waals surface area contributed by atoms with E-state index >= 15 is 0 Å². The van der Waals surface area contributed by atoms with Gasteiger partial charge in [-0.25, -0.2) is 9.48 Å². The maximum atomic E-state index is 12.5. The number of nitrogens with zero attached hydrogens (tertiary/aromatic N) is 3. The van der Waals surface area contributed by atoms with Gasteiger partial charge in [0.2, 0.25) is 0 Å². The van der Waals surface area contributed by atoms with Gasteiger partial charge in [0.15, 0.2) is 0 Å². The standard InChI is InChI=1S/C16H18IN3O2/c1-11-8-19(15-14(17)12(2)18-20(15)9-11)16(21)22-10-13-6-4-3-5-7-13/h3-7,11H,8-10H2,1-2H3. The van der Waals surface area contributed by atoms with E-state index in [0.29, 0.717) is 12.5 Å². The van der Waals surface area contributed by atoms with Crippen LogP contribution in [0.3, 0.4) is 0 Å². The molecule has 0 bridgehead atoms. The third-order valence-electron chi connectivity index (χ3n) is 3.69. The first-order valence-corrected chi connectivity index (χ1v) is 8.35. The van der Waals surface area contributed by atoms with Crippen molar-refractivity contribution >= 4 is 34.5 Å². The number of carbonyl (C=O) groups is 1. The molecule has 0 N–H and O–H groups in total.